The number of benzene rings is 1. The van der Waals surface area contributed by atoms with Crippen molar-refractivity contribution in [3.63, 3.8) is 0 Å². The molecule has 0 saturated heterocycles. The minimum atomic E-state index is 0.458. The van der Waals surface area contributed by atoms with Crippen LogP contribution >= 0.6 is 12.2 Å². The van der Waals surface area contributed by atoms with E-state index in [9.17, 15) is 0 Å². The van der Waals surface area contributed by atoms with Gasteiger partial charge in [0, 0.05) is 23.6 Å². The summed E-state index contributed by atoms with van der Waals surface area (Å²) < 4.78 is 0. The zero-order valence-corrected chi connectivity index (χ0v) is 11.3. The molecule has 19 heavy (non-hydrogen) atoms. The molecule has 0 amide bonds. The lowest BCUT2D eigenvalue weighted by atomic mass is 10.2. The quantitative estimate of drug-likeness (QED) is 0.511. The number of pyridine rings is 1. The van der Waals surface area contributed by atoms with Crippen molar-refractivity contribution < 1.29 is 0 Å². The summed E-state index contributed by atoms with van der Waals surface area (Å²) in [5.41, 5.74) is 5.60. The molecule has 0 aliphatic heterocycles. The van der Waals surface area contributed by atoms with Gasteiger partial charge in [-0.05, 0) is 43.4 Å². The normalized spacial score (nSPS) is 10.9. The molecule has 4 nitrogen and oxygen atoms in total. The van der Waals surface area contributed by atoms with E-state index in [0.29, 0.717) is 5.11 Å². The highest BCUT2D eigenvalue weighted by Crippen LogP contribution is 2.04. The molecule has 1 aromatic heterocycles. The third-order valence-corrected chi connectivity index (χ3v) is 2.65. The van der Waals surface area contributed by atoms with Crippen LogP contribution in [0.3, 0.4) is 0 Å². The Labute approximate surface area is 117 Å². The molecule has 5 heteroatoms. The number of aromatic nitrogens is 1. The second kappa shape index (κ2) is 6.61. The van der Waals surface area contributed by atoms with Crippen LogP contribution in [0.25, 0.3) is 0 Å². The van der Waals surface area contributed by atoms with E-state index < -0.39 is 0 Å². The maximum atomic E-state index is 5.16. The number of hydrogen-bond donors (Lipinski definition) is 2. The Balaban J connectivity index is 1.93. The molecule has 1 aromatic carbocycles. The highest BCUT2D eigenvalue weighted by Gasteiger charge is 1.98. The molecule has 0 unspecified atom stereocenters. The Morgan fingerprint density at radius 3 is 2.47 bits per heavy atom. The predicted octanol–water partition coefficient (Wildman–Crippen LogP) is 2.79. The van der Waals surface area contributed by atoms with Crippen molar-refractivity contribution in [3.8, 4) is 0 Å². The van der Waals surface area contributed by atoms with Gasteiger partial charge in [-0.1, -0.05) is 18.2 Å². The van der Waals surface area contributed by atoms with Gasteiger partial charge in [0.2, 0.25) is 0 Å². The number of nitrogens with one attached hydrogen (secondary N) is 2. The van der Waals surface area contributed by atoms with Crippen LogP contribution in [0.15, 0.2) is 60.0 Å². The summed E-state index contributed by atoms with van der Waals surface area (Å²) >= 11 is 5.16. The zero-order valence-electron chi connectivity index (χ0n) is 10.5. The standard InChI is InChI=1S/C14H14N4S/c1-11(12-7-9-15-10-8-12)17-18-14(19)16-13-5-3-2-4-6-13/h2-10H,1H3,(H2,16,18,19)/b17-11-. The number of thiocarbonyl (C=S) groups is 1. The zero-order chi connectivity index (χ0) is 13.5. The van der Waals surface area contributed by atoms with E-state index in [-0.39, 0.29) is 0 Å². The average molecular weight is 270 g/mol. The monoisotopic (exact) mass is 270 g/mol. The number of hydrazone groups is 1. The fourth-order valence-corrected chi connectivity index (χ4v) is 1.64. The molecule has 0 atom stereocenters. The van der Waals surface area contributed by atoms with Gasteiger partial charge in [0.1, 0.15) is 0 Å². The SMILES string of the molecule is C/C(=N/NC(=S)Nc1ccccc1)c1ccncc1. The number of anilines is 1. The van der Waals surface area contributed by atoms with E-state index in [1.165, 1.54) is 0 Å². The summed E-state index contributed by atoms with van der Waals surface area (Å²) in [6.07, 6.45) is 3.46. The molecule has 2 rings (SSSR count). The molecule has 2 aromatic rings. The van der Waals surface area contributed by atoms with Crippen molar-refractivity contribution in [1.82, 2.24) is 10.4 Å². The lowest BCUT2D eigenvalue weighted by molar-refractivity contribution is 1.04. The van der Waals surface area contributed by atoms with Gasteiger partial charge in [0.25, 0.3) is 0 Å². The molecule has 2 N–H and O–H groups in total. The first-order chi connectivity index (χ1) is 9.25. The molecule has 96 valence electrons. The molecule has 0 bridgehead atoms. The van der Waals surface area contributed by atoms with Gasteiger partial charge in [-0.25, -0.2) is 0 Å². The van der Waals surface area contributed by atoms with Crippen LogP contribution in [0.5, 0.6) is 0 Å². The summed E-state index contributed by atoms with van der Waals surface area (Å²) in [4.78, 5) is 3.97. The number of para-hydroxylation sites is 1. The molecular formula is C14H14N4S. The van der Waals surface area contributed by atoms with E-state index in [1.54, 1.807) is 12.4 Å². The average Bonchev–Trinajstić information content (AvgIpc) is 2.47. The molecule has 0 spiro atoms. The largest absolute Gasteiger partial charge is 0.331 e. The minimum Gasteiger partial charge on any atom is -0.331 e. The third kappa shape index (κ3) is 4.15. The summed E-state index contributed by atoms with van der Waals surface area (Å²) in [5.74, 6) is 0. The van der Waals surface area contributed by atoms with Gasteiger partial charge in [0.05, 0.1) is 5.71 Å². The van der Waals surface area contributed by atoms with Crippen LogP contribution in [0.2, 0.25) is 0 Å². The molecule has 0 aliphatic rings. The molecular weight excluding hydrogens is 256 g/mol. The van der Waals surface area contributed by atoms with Crippen molar-refractivity contribution in [2.45, 2.75) is 6.92 Å². The Hall–Kier alpha value is -2.27. The highest BCUT2D eigenvalue weighted by molar-refractivity contribution is 7.80. The molecule has 1 heterocycles. The summed E-state index contributed by atoms with van der Waals surface area (Å²) in [6.45, 7) is 1.91. The Bertz CT molecular complexity index is 567. The van der Waals surface area contributed by atoms with E-state index in [0.717, 1.165) is 17.0 Å². The lowest BCUT2D eigenvalue weighted by Gasteiger charge is -2.07. The molecule has 0 saturated carbocycles. The molecule has 0 aliphatic carbocycles. The minimum absolute atomic E-state index is 0.458. The van der Waals surface area contributed by atoms with Crippen LogP contribution in [0.1, 0.15) is 12.5 Å². The third-order valence-electron chi connectivity index (χ3n) is 2.45. The van der Waals surface area contributed by atoms with Gasteiger partial charge < -0.3 is 5.32 Å². The van der Waals surface area contributed by atoms with Crippen molar-refractivity contribution in [2.24, 2.45) is 5.10 Å². The van der Waals surface area contributed by atoms with E-state index in [4.69, 9.17) is 12.2 Å². The van der Waals surface area contributed by atoms with Crippen molar-refractivity contribution in [2.75, 3.05) is 5.32 Å². The maximum absolute atomic E-state index is 5.16. The van der Waals surface area contributed by atoms with Crippen molar-refractivity contribution in [1.29, 1.82) is 0 Å². The fraction of sp³-hybridized carbons (Fsp3) is 0.0714. The highest BCUT2D eigenvalue weighted by atomic mass is 32.1. The predicted molar refractivity (Wildman–Crippen MR) is 82.2 cm³/mol. The molecule has 0 fully saturated rings. The van der Waals surface area contributed by atoms with Crippen LogP contribution < -0.4 is 10.7 Å². The van der Waals surface area contributed by atoms with Crippen molar-refractivity contribution >= 4 is 28.7 Å². The van der Waals surface area contributed by atoms with Crippen molar-refractivity contribution in [3.05, 3.63) is 60.4 Å². The fourth-order valence-electron chi connectivity index (χ4n) is 1.47. The van der Waals surface area contributed by atoms with Crippen LogP contribution in [0.4, 0.5) is 5.69 Å². The van der Waals surface area contributed by atoms with E-state index >= 15 is 0 Å². The van der Waals surface area contributed by atoms with Gasteiger partial charge in [-0.3, -0.25) is 10.4 Å². The summed E-state index contributed by atoms with van der Waals surface area (Å²) in [5, 5.41) is 7.73. The number of nitrogens with zero attached hydrogens (tertiary/aromatic N) is 2. The Morgan fingerprint density at radius 2 is 1.79 bits per heavy atom. The Kier molecular flexibility index (Phi) is 4.58. The van der Waals surface area contributed by atoms with Crippen LogP contribution in [0, 0.1) is 0 Å². The lowest BCUT2D eigenvalue weighted by Crippen LogP contribution is -2.24. The van der Waals surface area contributed by atoms with Gasteiger partial charge in [0.15, 0.2) is 5.11 Å². The first-order valence-corrected chi connectivity index (χ1v) is 6.23. The van der Waals surface area contributed by atoms with Crippen LogP contribution in [-0.2, 0) is 0 Å². The van der Waals surface area contributed by atoms with Gasteiger partial charge in [-0.15, -0.1) is 0 Å². The first kappa shape index (κ1) is 13.2. The van der Waals surface area contributed by atoms with Crippen LogP contribution in [-0.4, -0.2) is 15.8 Å². The second-order valence-corrected chi connectivity index (χ2v) is 4.27. The maximum Gasteiger partial charge on any atom is 0.191 e. The van der Waals surface area contributed by atoms with Gasteiger partial charge >= 0.3 is 0 Å². The molecule has 0 radical (unpaired) electrons. The topological polar surface area (TPSA) is 49.3 Å². The smallest absolute Gasteiger partial charge is 0.191 e. The summed E-state index contributed by atoms with van der Waals surface area (Å²) in [7, 11) is 0. The van der Waals surface area contributed by atoms with Gasteiger partial charge in [-0.2, -0.15) is 5.10 Å². The summed E-state index contributed by atoms with van der Waals surface area (Å²) in [6, 6.07) is 13.5. The second-order valence-electron chi connectivity index (χ2n) is 3.87. The van der Waals surface area contributed by atoms with E-state index in [1.807, 2.05) is 49.4 Å². The number of rotatable bonds is 3. The number of hydrogen-bond acceptors (Lipinski definition) is 3. The first-order valence-electron chi connectivity index (χ1n) is 5.82. The van der Waals surface area contributed by atoms with E-state index in [2.05, 4.69) is 20.8 Å². The Morgan fingerprint density at radius 1 is 1.11 bits per heavy atom.